The van der Waals surface area contributed by atoms with E-state index in [1.54, 1.807) is 10.8 Å². The molecule has 0 saturated carbocycles. The first-order chi connectivity index (χ1) is 6.29. The molecule has 2 aromatic heterocycles. The molecule has 0 aliphatic carbocycles. The lowest BCUT2D eigenvalue weighted by Crippen LogP contribution is -1.91. The minimum Gasteiger partial charge on any atom is -0.382 e. The second-order valence-corrected chi connectivity index (χ2v) is 2.29. The Hall–Kier alpha value is -1.65. The van der Waals surface area contributed by atoms with Crippen molar-refractivity contribution < 1.29 is 0 Å². The van der Waals surface area contributed by atoms with E-state index < -0.39 is 0 Å². The lowest BCUT2D eigenvalue weighted by molar-refractivity contribution is 0.895. The molecular weight excluding hydrogens is 166 g/mol. The molecule has 5 heteroatoms. The van der Waals surface area contributed by atoms with Crippen molar-refractivity contribution in [3.63, 3.8) is 0 Å². The molecule has 0 fully saturated rings. The number of fused-ring (bicyclic) bond motifs is 1. The van der Waals surface area contributed by atoms with Crippen molar-refractivity contribution >= 4 is 11.5 Å². The molecule has 5 nitrogen and oxygen atoms in total. The van der Waals surface area contributed by atoms with Crippen molar-refractivity contribution in [1.29, 1.82) is 0 Å². The number of hydrogen-bond acceptors (Lipinski definition) is 4. The Morgan fingerprint density at radius 1 is 1.38 bits per heavy atom. The number of aromatic nitrogens is 4. The largest absolute Gasteiger partial charge is 0.382 e. The molecule has 0 aliphatic heterocycles. The van der Waals surface area contributed by atoms with Gasteiger partial charge in [-0.25, -0.2) is 14.5 Å². The molecule has 0 saturated heterocycles. The lowest BCUT2D eigenvalue weighted by Gasteiger charge is -1.87. The summed E-state index contributed by atoms with van der Waals surface area (Å²) >= 11 is 0. The SMILES string of the molecule is CC.Cc1c(N)nn2cncnc12. The van der Waals surface area contributed by atoms with Crippen molar-refractivity contribution in [2.75, 3.05) is 5.73 Å². The smallest absolute Gasteiger partial charge is 0.163 e. The maximum Gasteiger partial charge on any atom is 0.163 e. The van der Waals surface area contributed by atoms with Crippen LogP contribution in [0.1, 0.15) is 19.4 Å². The summed E-state index contributed by atoms with van der Waals surface area (Å²) in [6.45, 7) is 5.88. The van der Waals surface area contributed by atoms with Crippen LogP contribution in [-0.4, -0.2) is 19.6 Å². The minimum absolute atomic E-state index is 0.505. The monoisotopic (exact) mass is 179 g/mol. The van der Waals surface area contributed by atoms with Gasteiger partial charge in [0.05, 0.1) is 0 Å². The van der Waals surface area contributed by atoms with Gasteiger partial charge in [0.1, 0.15) is 12.7 Å². The first-order valence-electron chi connectivity index (χ1n) is 4.19. The Bertz CT molecular complexity index is 392. The van der Waals surface area contributed by atoms with Crippen molar-refractivity contribution in [3.05, 3.63) is 18.2 Å². The Kier molecular flexibility index (Phi) is 2.79. The number of nitrogens with zero attached hydrogens (tertiary/aromatic N) is 4. The number of aryl methyl sites for hydroxylation is 1. The summed E-state index contributed by atoms with van der Waals surface area (Å²) in [5, 5.41) is 3.98. The summed E-state index contributed by atoms with van der Waals surface area (Å²) in [5.74, 6) is 0.505. The van der Waals surface area contributed by atoms with Crippen LogP contribution in [0.2, 0.25) is 0 Å². The molecule has 0 unspecified atom stereocenters. The Morgan fingerprint density at radius 2 is 2.08 bits per heavy atom. The molecule has 0 aliphatic rings. The number of nitrogen functional groups attached to an aromatic ring is 1. The Morgan fingerprint density at radius 3 is 2.69 bits per heavy atom. The fraction of sp³-hybridized carbons (Fsp3) is 0.375. The third-order valence-corrected chi connectivity index (χ3v) is 1.57. The molecule has 0 aromatic carbocycles. The summed E-state index contributed by atoms with van der Waals surface area (Å²) in [6.07, 6.45) is 3.05. The van der Waals surface area contributed by atoms with E-state index in [1.165, 1.54) is 6.33 Å². The van der Waals surface area contributed by atoms with Crippen LogP contribution in [0.25, 0.3) is 5.65 Å². The second-order valence-electron chi connectivity index (χ2n) is 2.29. The van der Waals surface area contributed by atoms with Gasteiger partial charge in [-0.15, -0.1) is 5.10 Å². The summed E-state index contributed by atoms with van der Waals surface area (Å²) in [6, 6.07) is 0. The highest BCUT2D eigenvalue weighted by atomic mass is 15.3. The fourth-order valence-electron chi connectivity index (χ4n) is 0.942. The highest BCUT2D eigenvalue weighted by molar-refractivity contribution is 5.57. The zero-order chi connectivity index (χ0) is 9.84. The lowest BCUT2D eigenvalue weighted by atomic mass is 10.4. The van der Waals surface area contributed by atoms with Gasteiger partial charge in [-0.3, -0.25) is 0 Å². The van der Waals surface area contributed by atoms with Crippen LogP contribution in [0, 0.1) is 6.92 Å². The van der Waals surface area contributed by atoms with Crippen LogP contribution in [0.3, 0.4) is 0 Å². The quantitative estimate of drug-likeness (QED) is 0.656. The predicted molar refractivity (Wildman–Crippen MR) is 51.3 cm³/mol. The van der Waals surface area contributed by atoms with Gasteiger partial charge in [0.2, 0.25) is 0 Å². The molecule has 2 N–H and O–H groups in total. The molecule has 0 spiro atoms. The zero-order valence-corrected chi connectivity index (χ0v) is 8.02. The zero-order valence-electron chi connectivity index (χ0n) is 8.02. The summed E-state index contributed by atoms with van der Waals surface area (Å²) < 4.78 is 1.56. The molecule has 70 valence electrons. The van der Waals surface area contributed by atoms with Gasteiger partial charge in [0.25, 0.3) is 0 Å². The van der Waals surface area contributed by atoms with Gasteiger partial charge in [0.15, 0.2) is 11.5 Å². The summed E-state index contributed by atoms with van der Waals surface area (Å²) in [5.41, 5.74) is 7.21. The van der Waals surface area contributed by atoms with E-state index >= 15 is 0 Å². The third kappa shape index (κ3) is 1.58. The molecule has 2 rings (SSSR count). The van der Waals surface area contributed by atoms with Gasteiger partial charge >= 0.3 is 0 Å². The van der Waals surface area contributed by atoms with Crippen LogP contribution < -0.4 is 5.73 Å². The van der Waals surface area contributed by atoms with Crippen LogP contribution in [0.4, 0.5) is 5.82 Å². The molecule has 2 heterocycles. The molecule has 0 radical (unpaired) electrons. The summed E-state index contributed by atoms with van der Waals surface area (Å²) in [4.78, 5) is 7.81. The van der Waals surface area contributed by atoms with Crippen LogP contribution in [0.15, 0.2) is 12.7 Å². The number of nitrogens with two attached hydrogens (primary N) is 1. The van der Waals surface area contributed by atoms with Crippen LogP contribution in [0.5, 0.6) is 0 Å². The van der Waals surface area contributed by atoms with Crippen molar-refractivity contribution in [2.45, 2.75) is 20.8 Å². The van der Waals surface area contributed by atoms with Crippen molar-refractivity contribution in [3.8, 4) is 0 Å². The van der Waals surface area contributed by atoms with E-state index in [-0.39, 0.29) is 0 Å². The maximum absolute atomic E-state index is 5.55. The Balaban J connectivity index is 0.000000396. The van der Waals surface area contributed by atoms with E-state index in [0.717, 1.165) is 11.2 Å². The number of hydrogen-bond donors (Lipinski definition) is 1. The Labute approximate surface area is 76.6 Å². The maximum atomic E-state index is 5.55. The van der Waals surface area contributed by atoms with Gasteiger partial charge in [-0.05, 0) is 6.92 Å². The minimum atomic E-state index is 0.505. The molecule has 0 amide bonds. The number of rotatable bonds is 0. The van der Waals surface area contributed by atoms with E-state index in [1.807, 2.05) is 20.8 Å². The first kappa shape index (κ1) is 9.44. The van der Waals surface area contributed by atoms with Gasteiger partial charge in [0, 0.05) is 5.56 Å². The van der Waals surface area contributed by atoms with Crippen LogP contribution >= 0.6 is 0 Å². The van der Waals surface area contributed by atoms with Crippen molar-refractivity contribution in [2.24, 2.45) is 0 Å². The van der Waals surface area contributed by atoms with Crippen molar-refractivity contribution in [1.82, 2.24) is 19.6 Å². The summed E-state index contributed by atoms with van der Waals surface area (Å²) in [7, 11) is 0. The van der Waals surface area contributed by atoms with E-state index in [0.29, 0.717) is 5.82 Å². The highest BCUT2D eigenvalue weighted by Gasteiger charge is 2.04. The van der Waals surface area contributed by atoms with Gasteiger partial charge < -0.3 is 5.73 Å². The molecule has 2 aromatic rings. The standard InChI is InChI=1S/C6H7N5.C2H6/c1-4-5(7)10-11-3-8-2-9-6(4)11;1-2/h2-3H,1H3,(H2,7,10);1-2H3. The topological polar surface area (TPSA) is 69.1 Å². The van der Waals surface area contributed by atoms with E-state index in [2.05, 4.69) is 15.1 Å². The van der Waals surface area contributed by atoms with E-state index in [9.17, 15) is 0 Å². The van der Waals surface area contributed by atoms with Gasteiger partial charge in [-0.1, -0.05) is 13.8 Å². The van der Waals surface area contributed by atoms with Crippen LogP contribution in [-0.2, 0) is 0 Å². The molecule has 13 heavy (non-hydrogen) atoms. The number of anilines is 1. The van der Waals surface area contributed by atoms with Gasteiger partial charge in [-0.2, -0.15) is 0 Å². The second kappa shape index (κ2) is 3.84. The normalized spacial score (nSPS) is 9.46. The first-order valence-corrected chi connectivity index (χ1v) is 4.19. The van der Waals surface area contributed by atoms with E-state index in [4.69, 9.17) is 5.73 Å². The fourth-order valence-corrected chi connectivity index (χ4v) is 0.942. The molecular formula is C8H13N5. The predicted octanol–water partition coefficient (Wildman–Crippen LogP) is 1.04. The molecule has 0 bridgehead atoms. The average molecular weight is 179 g/mol. The highest BCUT2D eigenvalue weighted by Crippen LogP contribution is 2.11. The molecule has 0 atom stereocenters. The average Bonchev–Trinajstić information content (AvgIpc) is 2.47. The third-order valence-electron chi connectivity index (χ3n) is 1.57.